The Morgan fingerprint density at radius 2 is 1.50 bits per heavy atom. The van der Waals surface area contributed by atoms with Gasteiger partial charge in [0.15, 0.2) is 0 Å². The summed E-state index contributed by atoms with van der Waals surface area (Å²) in [6, 6.07) is 11.5. The third kappa shape index (κ3) is 1.93. The van der Waals surface area contributed by atoms with Crippen molar-refractivity contribution in [2.24, 2.45) is 11.8 Å². The van der Waals surface area contributed by atoms with E-state index in [2.05, 4.69) is 86.7 Å². The molecule has 5 rings (SSSR count). The first-order chi connectivity index (χ1) is 11.7. The SMILES string of the molecule is CC1C=Cc2cc3ccc4c5c(ccc(c2C=C1)c35)C=CC(C)C=4. The van der Waals surface area contributed by atoms with Crippen molar-refractivity contribution in [1.29, 1.82) is 0 Å². The van der Waals surface area contributed by atoms with E-state index in [1.807, 2.05) is 0 Å². The summed E-state index contributed by atoms with van der Waals surface area (Å²) in [7, 11) is 0. The molecule has 0 spiro atoms. The van der Waals surface area contributed by atoms with Gasteiger partial charge in [-0.15, -0.1) is 0 Å². The number of hydrogen-bond acceptors (Lipinski definition) is 0. The van der Waals surface area contributed by atoms with Gasteiger partial charge in [0.1, 0.15) is 0 Å². The van der Waals surface area contributed by atoms with Gasteiger partial charge in [-0.3, -0.25) is 0 Å². The summed E-state index contributed by atoms with van der Waals surface area (Å²) < 4.78 is 0. The molecule has 0 aliphatic heterocycles. The molecule has 0 radical (unpaired) electrons. The first-order valence-electron chi connectivity index (χ1n) is 8.79. The Labute approximate surface area is 142 Å². The average Bonchev–Trinajstić information content (AvgIpc) is 2.87. The lowest BCUT2D eigenvalue weighted by Crippen LogP contribution is -2.05. The maximum absolute atomic E-state index is 2.38. The molecule has 24 heavy (non-hydrogen) atoms. The summed E-state index contributed by atoms with van der Waals surface area (Å²) in [5, 5.41) is 6.89. The molecule has 2 aliphatic rings. The van der Waals surface area contributed by atoms with Gasteiger partial charge in [0.05, 0.1) is 0 Å². The lowest BCUT2D eigenvalue weighted by Gasteiger charge is -2.14. The van der Waals surface area contributed by atoms with Crippen molar-refractivity contribution in [3.63, 3.8) is 0 Å². The third-order valence-corrected chi connectivity index (χ3v) is 5.34. The van der Waals surface area contributed by atoms with Gasteiger partial charge in [-0.25, -0.2) is 0 Å². The van der Waals surface area contributed by atoms with Gasteiger partial charge in [0.2, 0.25) is 0 Å². The van der Waals surface area contributed by atoms with E-state index < -0.39 is 0 Å². The summed E-state index contributed by atoms with van der Waals surface area (Å²) in [6.45, 7) is 4.49. The van der Waals surface area contributed by atoms with Crippen LogP contribution >= 0.6 is 0 Å². The Morgan fingerprint density at radius 1 is 0.708 bits per heavy atom. The van der Waals surface area contributed by atoms with Gasteiger partial charge in [-0.2, -0.15) is 0 Å². The van der Waals surface area contributed by atoms with Crippen molar-refractivity contribution in [1.82, 2.24) is 0 Å². The predicted molar refractivity (Wildman–Crippen MR) is 107 cm³/mol. The second kappa shape index (κ2) is 4.95. The molecular weight excluding hydrogens is 288 g/mol. The highest BCUT2D eigenvalue weighted by atomic mass is 14.2. The lowest BCUT2D eigenvalue weighted by molar-refractivity contribution is 0.954. The first kappa shape index (κ1) is 13.8. The highest BCUT2D eigenvalue weighted by Crippen LogP contribution is 2.36. The van der Waals surface area contributed by atoms with Crippen LogP contribution in [0.1, 0.15) is 30.5 Å². The molecule has 2 aliphatic carbocycles. The molecule has 0 bridgehead atoms. The van der Waals surface area contributed by atoms with Crippen LogP contribution in [-0.2, 0) is 0 Å². The zero-order chi connectivity index (χ0) is 16.3. The van der Waals surface area contributed by atoms with Crippen LogP contribution in [0.15, 0.2) is 48.6 Å². The van der Waals surface area contributed by atoms with Crippen LogP contribution in [0.2, 0.25) is 0 Å². The standard InChI is InChI=1S/C24H20/c1-15-3-7-18-14-20-9-8-19-13-16(2)4-6-17-10-12-22(21(18)11-5-15)24(20)23(17)19/h3-16H,1-2H3. The molecule has 0 heterocycles. The molecule has 0 N–H and O–H groups in total. The Kier molecular flexibility index (Phi) is 2.84. The van der Waals surface area contributed by atoms with Crippen LogP contribution in [0.4, 0.5) is 0 Å². The first-order valence-corrected chi connectivity index (χ1v) is 8.79. The Hall–Kier alpha value is -2.60. The van der Waals surface area contributed by atoms with Gasteiger partial charge in [0.25, 0.3) is 0 Å². The molecule has 0 saturated heterocycles. The fourth-order valence-electron chi connectivity index (χ4n) is 4.08. The second-order valence-electron chi connectivity index (χ2n) is 7.17. The molecule has 3 aromatic rings. The molecule has 0 aromatic heterocycles. The number of benzene rings is 3. The van der Waals surface area contributed by atoms with Gasteiger partial charge in [-0.1, -0.05) is 80.6 Å². The van der Waals surface area contributed by atoms with E-state index in [0.717, 1.165) is 0 Å². The van der Waals surface area contributed by atoms with Crippen LogP contribution in [0.3, 0.4) is 0 Å². The molecule has 0 fully saturated rings. The van der Waals surface area contributed by atoms with Crippen molar-refractivity contribution < 1.29 is 0 Å². The topological polar surface area (TPSA) is 0 Å². The largest absolute Gasteiger partial charge is 0.0773 e. The van der Waals surface area contributed by atoms with Gasteiger partial charge in [0, 0.05) is 0 Å². The van der Waals surface area contributed by atoms with Gasteiger partial charge < -0.3 is 0 Å². The zero-order valence-corrected chi connectivity index (χ0v) is 14.1. The van der Waals surface area contributed by atoms with E-state index in [1.165, 1.54) is 43.5 Å². The highest BCUT2D eigenvalue weighted by Gasteiger charge is 2.14. The van der Waals surface area contributed by atoms with Crippen LogP contribution in [0.25, 0.3) is 45.8 Å². The number of hydrogen-bond donors (Lipinski definition) is 0. The second-order valence-corrected chi connectivity index (χ2v) is 7.17. The zero-order valence-electron chi connectivity index (χ0n) is 14.1. The van der Waals surface area contributed by atoms with E-state index in [1.54, 1.807) is 0 Å². The lowest BCUT2D eigenvalue weighted by atomic mass is 9.90. The highest BCUT2D eigenvalue weighted by molar-refractivity contribution is 6.16. The molecule has 0 amide bonds. The molecule has 2 atom stereocenters. The molecule has 3 aromatic carbocycles. The summed E-state index contributed by atoms with van der Waals surface area (Å²) in [4.78, 5) is 0. The minimum Gasteiger partial charge on any atom is -0.0773 e. The molecule has 116 valence electrons. The molecule has 2 unspecified atom stereocenters. The number of rotatable bonds is 0. The number of allylic oxidation sites excluding steroid dienone is 3. The summed E-state index contributed by atoms with van der Waals surface area (Å²) in [6.07, 6.45) is 16.1. The molecule has 0 nitrogen and oxygen atoms in total. The summed E-state index contributed by atoms with van der Waals surface area (Å²) in [5.74, 6) is 0.954. The fraction of sp³-hybridized carbons (Fsp3) is 0.167. The predicted octanol–water partition coefficient (Wildman–Crippen LogP) is 5.83. The Morgan fingerprint density at radius 3 is 2.42 bits per heavy atom. The van der Waals surface area contributed by atoms with Crippen molar-refractivity contribution in [2.45, 2.75) is 13.8 Å². The maximum Gasteiger partial charge on any atom is -0.00205 e. The van der Waals surface area contributed by atoms with Crippen molar-refractivity contribution in [3.8, 4) is 0 Å². The van der Waals surface area contributed by atoms with E-state index in [0.29, 0.717) is 11.8 Å². The number of fused-ring (bicyclic) bond motifs is 2. The van der Waals surface area contributed by atoms with Crippen molar-refractivity contribution in [2.75, 3.05) is 0 Å². The molecular formula is C24H20. The Balaban J connectivity index is 2.01. The van der Waals surface area contributed by atoms with Crippen molar-refractivity contribution in [3.05, 3.63) is 70.5 Å². The minimum atomic E-state index is 0.471. The summed E-state index contributed by atoms with van der Waals surface area (Å²) >= 11 is 0. The van der Waals surface area contributed by atoms with E-state index in [-0.39, 0.29) is 0 Å². The van der Waals surface area contributed by atoms with Crippen LogP contribution < -0.4 is 5.22 Å². The quantitative estimate of drug-likeness (QED) is 0.490. The Bertz CT molecular complexity index is 1120. The minimum absolute atomic E-state index is 0.471. The van der Waals surface area contributed by atoms with Crippen LogP contribution in [0.5, 0.6) is 0 Å². The third-order valence-electron chi connectivity index (χ3n) is 5.34. The molecule has 0 heteroatoms. The van der Waals surface area contributed by atoms with E-state index in [4.69, 9.17) is 0 Å². The summed E-state index contributed by atoms with van der Waals surface area (Å²) in [5.41, 5.74) is 4.02. The fourth-order valence-corrected chi connectivity index (χ4v) is 4.08. The van der Waals surface area contributed by atoms with E-state index >= 15 is 0 Å². The molecule has 0 saturated carbocycles. The smallest absolute Gasteiger partial charge is 0.00205 e. The van der Waals surface area contributed by atoms with Crippen molar-refractivity contribution >= 4 is 45.8 Å². The van der Waals surface area contributed by atoms with Crippen LogP contribution in [0, 0.1) is 11.8 Å². The van der Waals surface area contributed by atoms with Gasteiger partial charge in [-0.05, 0) is 61.4 Å². The van der Waals surface area contributed by atoms with Crippen LogP contribution in [-0.4, -0.2) is 0 Å². The normalized spacial score (nSPS) is 21.6. The van der Waals surface area contributed by atoms with Gasteiger partial charge >= 0.3 is 0 Å². The average molecular weight is 308 g/mol. The van der Waals surface area contributed by atoms with E-state index in [9.17, 15) is 0 Å². The monoisotopic (exact) mass is 308 g/mol. The maximum atomic E-state index is 2.38.